The molecule has 1 nitrogen and oxygen atoms in total. The lowest BCUT2D eigenvalue weighted by atomic mass is 9.44. The van der Waals surface area contributed by atoms with Crippen molar-refractivity contribution in [2.75, 3.05) is 6.61 Å². The summed E-state index contributed by atoms with van der Waals surface area (Å²) in [5.41, 5.74) is 0.573. The van der Waals surface area contributed by atoms with E-state index < -0.39 is 0 Å². The topological polar surface area (TPSA) is 20.2 Å². The molecular formula is C27H47ClO. The predicted octanol–water partition coefficient (Wildman–Crippen LogP) is 7.69. The quantitative estimate of drug-likeness (QED) is 0.435. The second-order valence-electron chi connectivity index (χ2n) is 12.4. The zero-order chi connectivity index (χ0) is 20.8. The molecule has 0 aromatic heterocycles. The summed E-state index contributed by atoms with van der Waals surface area (Å²) in [6.07, 6.45) is 16.3. The van der Waals surface area contributed by atoms with Crippen molar-refractivity contribution in [1.29, 1.82) is 0 Å². The van der Waals surface area contributed by atoms with Crippen LogP contribution in [0.15, 0.2) is 0 Å². The third-order valence-corrected chi connectivity index (χ3v) is 11.4. The highest BCUT2D eigenvalue weighted by Gasteiger charge is 2.63. The molecule has 9 unspecified atom stereocenters. The average molecular weight is 423 g/mol. The Labute approximate surface area is 185 Å². The van der Waals surface area contributed by atoms with Crippen LogP contribution in [0.4, 0.5) is 0 Å². The summed E-state index contributed by atoms with van der Waals surface area (Å²) in [6.45, 7) is 10.3. The van der Waals surface area contributed by atoms with Gasteiger partial charge in [-0.05, 0) is 98.2 Å². The van der Waals surface area contributed by atoms with E-state index in [1.807, 2.05) is 0 Å². The summed E-state index contributed by atoms with van der Waals surface area (Å²) in [5.74, 6) is 5.70. The van der Waals surface area contributed by atoms with Crippen molar-refractivity contribution in [3.63, 3.8) is 0 Å². The van der Waals surface area contributed by atoms with Gasteiger partial charge in [-0.15, -0.1) is 11.6 Å². The summed E-state index contributed by atoms with van der Waals surface area (Å²) >= 11 is 7.05. The van der Waals surface area contributed by atoms with Gasteiger partial charge in [-0.1, -0.05) is 53.4 Å². The van der Waals surface area contributed by atoms with Crippen LogP contribution >= 0.6 is 11.6 Å². The van der Waals surface area contributed by atoms with E-state index in [9.17, 15) is 5.11 Å². The zero-order valence-electron chi connectivity index (χ0n) is 19.6. The van der Waals surface area contributed by atoms with Crippen molar-refractivity contribution < 1.29 is 5.11 Å². The first kappa shape index (κ1) is 22.4. The third kappa shape index (κ3) is 3.63. The van der Waals surface area contributed by atoms with Gasteiger partial charge in [0.2, 0.25) is 0 Å². The molecule has 4 fully saturated rings. The molecule has 4 aliphatic rings. The molecule has 4 saturated carbocycles. The zero-order valence-corrected chi connectivity index (χ0v) is 20.4. The minimum Gasteiger partial charge on any atom is -0.396 e. The molecule has 9 atom stereocenters. The fourth-order valence-corrected chi connectivity index (χ4v) is 9.97. The van der Waals surface area contributed by atoms with Gasteiger partial charge < -0.3 is 5.11 Å². The van der Waals surface area contributed by atoms with Crippen molar-refractivity contribution in [1.82, 2.24) is 0 Å². The Balaban J connectivity index is 1.51. The van der Waals surface area contributed by atoms with Crippen LogP contribution in [0.1, 0.15) is 105 Å². The maximum absolute atomic E-state index is 10.7. The Kier molecular flexibility index (Phi) is 6.69. The first-order valence-corrected chi connectivity index (χ1v) is 13.5. The van der Waals surface area contributed by atoms with Gasteiger partial charge in [0.1, 0.15) is 0 Å². The monoisotopic (exact) mass is 422 g/mol. The lowest BCUT2D eigenvalue weighted by molar-refractivity contribution is -0.139. The van der Waals surface area contributed by atoms with Gasteiger partial charge in [0.15, 0.2) is 0 Å². The molecule has 0 radical (unpaired) electrons. The number of rotatable bonds is 6. The van der Waals surface area contributed by atoms with Crippen LogP contribution in [0.5, 0.6) is 0 Å². The molecule has 0 saturated heterocycles. The Morgan fingerprint density at radius 1 is 0.931 bits per heavy atom. The van der Waals surface area contributed by atoms with Crippen LogP contribution < -0.4 is 0 Å². The van der Waals surface area contributed by atoms with Crippen molar-refractivity contribution >= 4 is 11.6 Å². The molecule has 4 rings (SSSR count). The Morgan fingerprint density at radius 3 is 2.45 bits per heavy atom. The fraction of sp³-hybridized carbons (Fsp3) is 1.00. The highest BCUT2D eigenvalue weighted by Crippen LogP contribution is 2.68. The highest BCUT2D eigenvalue weighted by atomic mass is 35.5. The van der Waals surface area contributed by atoms with Crippen LogP contribution in [-0.4, -0.2) is 17.1 Å². The van der Waals surface area contributed by atoms with Gasteiger partial charge in [-0.25, -0.2) is 0 Å². The van der Waals surface area contributed by atoms with Gasteiger partial charge in [0.25, 0.3) is 0 Å². The molecule has 0 aromatic carbocycles. The van der Waals surface area contributed by atoms with Crippen LogP contribution in [-0.2, 0) is 0 Å². The molecule has 2 heteroatoms. The number of hydrogen-bond acceptors (Lipinski definition) is 1. The minimum absolute atomic E-state index is 0.0328. The molecular weight excluding hydrogens is 376 g/mol. The molecule has 0 aliphatic heterocycles. The van der Waals surface area contributed by atoms with Gasteiger partial charge in [-0.3, -0.25) is 0 Å². The Bertz CT molecular complexity index is 561. The fourth-order valence-electron chi connectivity index (χ4n) is 9.41. The maximum Gasteiger partial charge on any atom is 0.0507 e. The van der Waals surface area contributed by atoms with Crippen molar-refractivity contribution in [2.45, 2.75) is 110 Å². The summed E-state index contributed by atoms with van der Waals surface area (Å²) < 4.78 is 0. The van der Waals surface area contributed by atoms with E-state index in [1.165, 1.54) is 70.6 Å². The SMILES string of the molecule is CC(C)CCCC(C)C1CCC2C3CCC4CCCC(Cl)C4(CO)C3CCC12C. The molecule has 168 valence electrons. The van der Waals surface area contributed by atoms with Gasteiger partial charge in [0, 0.05) is 10.8 Å². The first-order chi connectivity index (χ1) is 13.8. The normalized spacial score (nSPS) is 48.1. The smallest absolute Gasteiger partial charge is 0.0507 e. The first-order valence-electron chi connectivity index (χ1n) is 13.1. The van der Waals surface area contributed by atoms with Crippen LogP contribution in [0.25, 0.3) is 0 Å². The van der Waals surface area contributed by atoms with Crippen molar-refractivity contribution in [3.8, 4) is 0 Å². The van der Waals surface area contributed by atoms with E-state index in [-0.39, 0.29) is 10.8 Å². The second-order valence-corrected chi connectivity index (χ2v) is 12.9. The number of aliphatic hydroxyl groups is 1. The number of alkyl halides is 1. The maximum atomic E-state index is 10.7. The molecule has 1 N–H and O–H groups in total. The van der Waals surface area contributed by atoms with E-state index >= 15 is 0 Å². The largest absolute Gasteiger partial charge is 0.396 e. The summed E-state index contributed by atoms with van der Waals surface area (Å²) in [5, 5.41) is 10.9. The highest BCUT2D eigenvalue weighted by molar-refractivity contribution is 6.21. The Morgan fingerprint density at radius 2 is 1.72 bits per heavy atom. The molecule has 29 heavy (non-hydrogen) atoms. The Hall–Kier alpha value is 0.250. The predicted molar refractivity (Wildman–Crippen MR) is 124 cm³/mol. The van der Waals surface area contributed by atoms with E-state index in [0.29, 0.717) is 23.9 Å². The second kappa shape index (κ2) is 8.65. The molecule has 0 aromatic rings. The molecule has 0 heterocycles. The van der Waals surface area contributed by atoms with E-state index in [2.05, 4.69) is 27.7 Å². The van der Waals surface area contributed by atoms with E-state index in [1.54, 1.807) is 0 Å². The molecule has 0 bridgehead atoms. The number of aliphatic hydroxyl groups excluding tert-OH is 1. The van der Waals surface area contributed by atoms with Gasteiger partial charge in [-0.2, -0.15) is 0 Å². The van der Waals surface area contributed by atoms with Crippen molar-refractivity contribution in [3.05, 3.63) is 0 Å². The van der Waals surface area contributed by atoms with Gasteiger partial charge in [0.05, 0.1) is 6.61 Å². The number of fused-ring (bicyclic) bond motifs is 5. The summed E-state index contributed by atoms with van der Waals surface area (Å²) in [4.78, 5) is 0. The van der Waals surface area contributed by atoms with E-state index in [4.69, 9.17) is 11.6 Å². The number of hydrogen-bond donors (Lipinski definition) is 1. The van der Waals surface area contributed by atoms with Crippen molar-refractivity contribution in [2.24, 2.45) is 52.3 Å². The minimum atomic E-state index is 0.0328. The molecule has 0 spiro atoms. The van der Waals surface area contributed by atoms with Gasteiger partial charge >= 0.3 is 0 Å². The molecule has 4 aliphatic carbocycles. The lowest BCUT2D eigenvalue weighted by Gasteiger charge is -2.62. The van der Waals surface area contributed by atoms with Crippen LogP contribution in [0, 0.1) is 52.3 Å². The lowest BCUT2D eigenvalue weighted by Crippen LogP contribution is -2.59. The third-order valence-electron chi connectivity index (χ3n) is 10.8. The average Bonchev–Trinajstić information content (AvgIpc) is 3.04. The van der Waals surface area contributed by atoms with Crippen LogP contribution in [0.3, 0.4) is 0 Å². The standard InChI is InChI=1S/C27H47ClO/c1-18(2)7-5-8-19(3)22-13-14-23-21-12-11-20-9-6-10-25(28)27(20,17-29)24(21)15-16-26(22,23)4/h18-25,29H,5-17H2,1-4H3. The summed E-state index contributed by atoms with van der Waals surface area (Å²) in [6, 6.07) is 0. The molecule has 0 amide bonds. The van der Waals surface area contributed by atoms with Crippen LogP contribution in [0.2, 0.25) is 0 Å². The summed E-state index contributed by atoms with van der Waals surface area (Å²) in [7, 11) is 0. The van der Waals surface area contributed by atoms with E-state index in [0.717, 1.165) is 36.0 Å². The number of halogens is 1.